The van der Waals surface area contributed by atoms with E-state index < -0.39 is 19.4 Å². The van der Waals surface area contributed by atoms with Crippen LogP contribution in [0, 0.1) is 0 Å². The average Bonchev–Trinajstić information content (AvgIpc) is 2.94. The Kier molecular flexibility index (Phi) is 5.27. The number of halogens is 1. The van der Waals surface area contributed by atoms with Gasteiger partial charge in [0.2, 0.25) is 5.89 Å². The molecule has 0 bridgehead atoms. The van der Waals surface area contributed by atoms with Gasteiger partial charge in [-0.05, 0) is 25.1 Å². The number of oxazole rings is 1. The highest BCUT2D eigenvalue weighted by Crippen LogP contribution is 2.41. The third-order valence-electron chi connectivity index (χ3n) is 3.01. The SMILES string of the molecule is C=Cc1cc(O)cc2nc(C(=C)/C=C(F)\C(=C/C)OP(=O)(O)O)oc12. The normalized spacial score (nSPS) is 13.1. The molecule has 132 valence electrons. The molecule has 1 aromatic carbocycles. The average molecular weight is 367 g/mol. The molecule has 0 saturated carbocycles. The number of hydrogen-bond acceptors (Lipinski definition) is 5. The molecule has 0 amide bonds. The Labute approximate surface area is 142 Å². The molecule has 0 atom stereocenters. The number of aromatic hydroxyl groups is 1. The quantitative estimate of drug-likeness (QED) is 0.401. The van der Waals surface area contributed by atoms with E-state index in [1.165, 1.54) is 25.1 Å². The van der Waals surface area contributed by atoms with Gasteiger partial charge < -0.3 is 14.0 Å². The van der Waals surface area contributed by atoms with Crippen LogP contribution in [0.15, 0.2) is 53.4 Å². The highest BCUT2D eigenvalue weighted by atomic mass is 31.2. The molecule has 0 aliphatic heterocycles. The summed E-state index contributed by atoms with van der Waals surface area (Å²) in [5.41, 5.74) is 1.13. The van der Waals surface area contributed by atoms with Crippen molar-refractivity contribution in [2.24, 2.45) is 0 Å². The number of nitrogens with zero attached hydrogens (tertiary/aromatic N) is 1. The Hall–Kier alpha value is -2.67. The monoisotopic (exact) mass is 367 g/mol. The molecular formula is C16H15FNO6P. The number of phenols is 1. The minimum atomic E-state index is -4.90. The zero-order chi connectivity index (χ0) is 18.8. The van der Waals surface area contributed by atoms with Crippen LogP contribution in [0.2, 0.25) is 0 Å². The van der Waals surface area contributed by atoms with E-state index in [0.717, 1.165) is 12.2 Å². The first-order valence-corrected chi connectivity index (χ1v) is 8.42. The van der Waals surface area contributed by atoms with Crippen molar-refractivity contribution < 1.29 is 32.8 Å². The lowest BCUT2D eigenvalue weighted by atomic mass is 10.2. The highest BCUT2D eigenvalue weighted by molar-refractivity contribution is 7.46. The van der Waals surface area contributed by atoms with Crippen molar-refractivity contribution in [2.75, 3.05) is 0 Å². The number of phenolic OH excluding ortho intramolecular Hbond substituents is 1. The van der Waals surface area contributed by atoms with Crippen LogP contribution in [0.25, 0.3) is 22.7 Å². The minimum absolute atomic E-state index is 0.00290. The van der Waals surface area contributed by atoms with Crippen LogP contribution >= 0.6 is 7.82 Å². The fourth-order valence-electron chi connectivity index (χ4n) is 1.98. The highest BCUT2D eigenvalue weighted by Gasteiger charge is 2.21. The molecule has 2 rings (SSSR count). The van der Waals surface area contributed by atoms with Gasteiger partial charge in [0, 0.05) is 17.2 Å². The molecule has 0 aliphatic rings. The molecule has 0 saturated heterocycles. The maximum atomic E-state index is 14.1. The van der Waals surface area contributed by atoms with Crippen molar-refractivity contribution in [1.29, 1.82) is 0 Å². The molecule has 0 fully saturated rings. The summed E-state index contributed by atoms with van der Waals surface area (Å²) in [6, 6.07) is 2.78. The predicted molar refractivity (Wildman–Crippen MR) is 90.9 cm³/mol. The molecule has 1 aromatic heterocycles. The van der Waals surface area contributed by atoms with E-state index in [1.54, 1.807) is 0 Å². The fraction of sp³-hybridized carbons (Fsp3) is 0.0625. The molecule has 2 aromatic rings. The van der Waals surface area contributed by atoms with Crippen LogP contribution in [0.1, 0.15) is 18.4 Å². The van der Waals surface area contributed by atoms with Gasteiger partial charge in [-0.25, -0.2) is 13.9 Å². The van der Waals surface area contributed by atoms with Crippen LogP contribution < -0.4 is 0 Å². The van der Waals surface area contributed by atoms with E-state index in [-0.39, 0.29) is 17.2 Å². The first-order valence-electron chi connectivity index (χ1n) is 6.89. The first-order chi connectivity index (χ1) is 11.6. The van der Waals surface area contributed by atoms with Crippen molar-refractivity contribution >= 4 is 30.6 Å². The van der Waals surface area contributed by atoms with Crippen molar-refractivity contribution in [1.82, 2.24) is 4.98 Å². The van der Waals surface area contributed by atoms with E-state index in [0.29, 0.717) is 16.7 Å². The first kappa shape index (κ1) is 18.7. The summed E-state index contributed by atoms with van der Waals surface area (Å²) in [6.45, 7) is 8.56. The lowest BCUT2D eigenvalue weighted by Crippen LogP contribution is -1.92. The molecule has 7 nitrogen and oxygen atoms in total. The predicted octanol–water partition coefficient (Wildman–Crippen LogP) is 4.06. The minimum Gasteiger partial charge on any atom is -0.508 e. The fourth-order valence-corrected chi connectivity index (χ4v) is 2.43. The molecule has 0 spiro atoms. The lowest BCUT2D eigenvalue weighted by molar-refractivity contribution is 0.239. The van der Waals surface area contributed by atoms with Crippen molar-refractivity contribution in [3.8, 4) is 5.75 Å². The van der Waals surface area contributed by atoms with Crippen molar-refractivity contribution in [2.45, 2.75) is 6.92 Å². The second kappa shape index (κ2) is 7.06. The van der Waals surface area contributed by atoms with Gasteiger partial charge in [-0.15, -0.1) is 0 Å². The maximum absolute atomic E-state index is 14.1. The third kappa shape index (κ3) is 4.45. The van der Waals surface area contributed by atoms with Crippen LogP contribution in [-0.2, 0) is 9.09 Å². The topological polar surface area (TPSA) is 113 Å². The van der Waals surface area contributed by atoms with Gasteiger partial charge in [-0.1, -0.05) is 19.2 Å². The molecule has 0 unspecified atom stereocenters. The Morgan fingerprint density at radius 3 is 2.68 bits per heavy atom. The molecule has 9 heteroatoms. The van der Waals surface area contributed by atoms with Crippen LogP contribution in [0.4, 0.5) is 4.39 Å². The summed E-state index contributed by atoms with van der Waals surface area (Å²) in [5, 5.41) is 9.63. The molecule has 3 N–H and O–H groups in total. The number of fused-ring (bicyclic) bond motifs is 1. The molecule has 25 heavy (non-hydrogen) atoms. The van der Waals surface area contributed by atoms with Gasteiger partial charge in [0.15, 0.2) is 17.2 Å². The Balaban J connectivity index is 2.39. The second-order valence-corrected chi connectivity index (χ2v) is 6.02. The number of allylic oxidation sites excluding steroid dienone is 4. The standard InChI is InChI=1S/C16H15FNO6P/c1-4-10-7-11(19)8-13-15(10)23-16(18-13)9(3)6-12(17)14(5-2)24-25(20,21)22/h4-8,19H,1,3H2,2H3,(H2,20,21,22)/b12-6+,14-5+. The van der Waals surface area contributed by atoms with Crippen molar-refractivity contribution in [3.63, 3.8) is 0 Å². The second-order valence-electron chi connectivity index (χ2n) is 4.86. The Morgan fingerprint density at radius 2 is 2.12 bits per heavy atom. The summed E-state index contributed by atoms with van der Waals surface area (Å²) in [6.07, 6.45) is 3.38. The van der Waals surface area contributed by atoms with E-state index in [9.17, 15) is 14.1 Å². The van der Waals surface area contributed by atoms with Gasteiger partial charge in [-0.2, -0.15) is 0 Å². The third-order valence-corrected chi connectivity index (χ3v) is 3.45. The smallest absolute Gasteiger partial charge is 0.508 e. The number of hydrogen-bond donors (Lipinski definition) is 3. The summed E-state index contributed by atoms with van der Waals surface area (Å²) >= 11 is 0. The number of aromatic nitrogens is 1. The van der Waals surface area contributed by atoms with Crippen molar-refractivity contribution in [3.05, 3.63) is 60.5 Å². The summed E-state index contributed by atoms with van der Waals surface area (Å²) in [4.78, 5) is 21.6. The van der Waals surface area contributed by atoms with Gasteiger partial charge in [-0.3, -0.25) is 9.79 Å². The number of benzene rings is 1. The molecule has 0 aliphatic carbocycles. The number of rotatable bonds is 6. The largest absolute Gasteiger partial charge is 0.524 e. The molecule has 1 heterocycles. The maximum Gasteiger partial charge on any atom is 0.524 e. The van der Waals surface area contributed by atoms with Gasteiger partial charge in [0.1, 0.15) is 11.3 Å². The summed E-state index contributed by atoms with van der Waals surface area (Å²) in [5.74, 6) is -1.79. The van der Waals surface area contributed by atoms with Crippen LogP contribution in [0.3, 0.4) is 0 Å². The molecule has 0 radical (unpaired) electrons. The Morgan fingerprint density at radius 1 is 1.44 bits per heavy atom. The lowest BCUT2D eigenvalue weighted by Gasteiger charge is -2.08. The zero-order valence-electron chi connectivity index (χ0n) is 13.1. The molecular weight excluding hydrogens is 352 g/mol. The Bertz CT molecular complexity index is 953. The van der Waals surface area contributed by atoms with E-state index >= 15 is 0 Å². The van der Waals surface area contributed by atoms with E-state index in [4.69, 9.17) is 14.2 Å². The summed E-state index contributed by atoms with van der Waals surface area (Å²) in [7, 11) is -4.90. The van der Waals surface area contributed by atoms with Gasteiger partial charge in [0.05, 0.1) is 0 Å². The number of phosphoric acid groups is 1. The zero-order valence-corrected chi connectivity index (χ0v) is 14.0. The van der Waals surface area contributed by atoms with E-state index in [1.807, 2.05) is 0 Å². The van der Waals surface area contributed by atoms with Gasteiger partial charge >= 0.3 is 7.82 Å². The van der Waals surface area contributed by atoms with E-state index in [2.05, 4.69) is 22.7 Å². The summed E-state index contributed by atoms with van der Waals surface area (Å²) < 4.78 is 34.7. The van der Waals surface area contributed by atoms with Gasteiger partial charge in [0.25, 0.3) is 0 Å². The van der Waals surface area contributed by atoms with Crippen LogP contribution in [-0.4, -0.2) is 19.9 Å². The van der Waals surface area contributed by atoms with Crippen LogP contribution in [0.5, 0.6) is 5.75 Å². The number of phosphoric ester groups is 1.